The van der Waals surface area contributed by atoms with Gasteiger partial charge in [-0.3, -0.25) is 9.78 Å². The van der Waals surface area contributed by atoms with Gasteiger partial charge in [0.1, 0.15) is 5.75 Å². The fourth-order valence-electron chi connectivity index (χ4n) is 1.44. The summed E-state index contributed by atoms with van der Waals surface area (Å²) in [5.74, 6) is 0.285. The van der Waals surface area contributed by atoms with Crippen molar-refractivity contribution in [2.24, 2.45) is 0 Å². The summed E-state index contributed by atoms with van der Waals surface area (Å²) in [6.07, 6.45) is 3.12. The molecule has 1 aromatic heterocycles. The SMILES string of the molecule is COc1cc(NC(=O)c2cccnc2)ccc1Cl. The number of ether oxygens (including phenoxy) is 1. The van der Waals surface area contributed by atoms with E-state index in [1.165, 1.54) is 13.3 Å². The smallest absolute Gasteiger partial charge is 0.257 e. The van der Waals surface area contributed by atoms with Crippen molar-refractivity contribution in [2.45, 2.75) is 0 Å². The van der Waals surface area contributed by atoms with Gasteiger partial charge in [0.2, 0.25) is 0 Å². The number of halogens is 1. The molecule has 0 unspecified atom stereocenters. The maximum atomic E-state index is 11.9. The van der Waals surface area contributed by atoms with Gasteiger partial charge in [-0.1, -0.05) is 11.6 Å². The van der Waals surface area contributed by atoms with Crippen LogP contribution in [-0.4, -0.2) is 18.0 Å². The topological polar surface area (TPSA) is 51.2 Å². The molecule has 0 saturated heterocycles. The molecule has 92 valence electrons. The third-order valence-electron chi connectivity index (χ3n) is 2.33. The highest BCUT2D eigenvalue weighted by Crippen LogP contribution is 2.27. The molecule has 0 atom stereocenters. The Labute approximate surface area is 110 Å². The van der Waals surface area contributed by atoms with Crippen LogP contribution in [0, 0.1) is 0 Å². The Morgan fingerprint density at radius 3 is 2.89 bits per heavy atom. The Bertz CT molecular complexity index is 558. The molecule has 1 aromatic carbocycles. The summed E-state index contributed by atoms with van der Waals surface area (Å²) in [6.45, 7) is 0. The molecule has 0 saturated carbocycles. The molecule has 0 aliphatic rings. The predicted molar refractivity (Wildman–Crippen MR) is 70.2 cm³/mol. The molecule has 2 rings (SSSR count). The second kappa shape index (κ2) is 5.51. The number of carbonyl (C=O) groups is 1. The van der Waals surface area contributed by atoms with Gasteiger partial charge in [0.05, 0.1) is 17.7 Å². The number of amides is 1. The van der Waals surface area contributed by atoms with Crippen molar-refractivity contribution in [1.29, 1.82) is 0 Å². The first-order valence-corrected chi connectivity index (χ1v) is 5.63. The lowest BCUT2D eigenvalue weighted by molar-refractivity contribution is 0.102. The normalized spacial score (nSPS) is 9.89. The number of nitrogens with zero attached hydrogens (tertiary/aromatic N) is 1. The molecule has 1 amide bonds. The van der Waals surface area contributed by atoms with E-state index in [0.29, 0.717) is 22.0 Å². The van der Waals surface area contributed by atoms with E-state index in [2.05, 4.69) is 10.3 Å². The van der Waals surface area contributed by atoms with E-state index in [0.717, 1.165) is 0 Å². The second-order valence-electron chi connectivity index (χ2n) is 3.55. The Balaban J connectivity index is 2.17. The Morgan fingerprint density at radius 1 is 1.39 bits per heavy atom. The van der Waals surface area contributed by atoms with Gasteiger partial charge >= 0.3 is 0 Å². The Hall–Kier alpha value is -2.07. The number of rotatable bonds is 3. The zero-order valence-electron chi connectivity index (χ0n) is 9.68. The van der Waals surface area contributed by atoms with E-state index < -0.39 is 0 Å². The highest BCUT2D eigenvalue weighted by atomic mass is 35.5. The fraction of sp³-hybridized carbons (Fsp3) is 0.0769. The molecule has 18 heavy (non-hydrogen) atoms. The van der Waals surface area contributed by atoms with Gasteiger partial charge in [-0.25, -0.2) is 0 Å². The van der Waals surface area contributed by atoms with Crippen molar-refractivity contribution in [3.8, 4) is 5.75 Å². The largest absolute Gasteiger partial charge is 0.495 e. The lowest BCUT2D eigenvalue weighted by atomic mass is 10.2. The molecule has 0 spiro atoms. The first kappa shape index (κ1) is 12.4. The summed E-state index contributed by atoms with van der Waals surface area (Å²) >= 11 is 5.90. The first-order chi connectivity index (χ1) is 8.70. The van der Waals surface area contributed by atoms with E-state index in [-0.39, 0.29) is 5.91 Å². The minimum absolute atomic E-state index is 0.229. The lowest BCUT2D eigenvalue weighted by Gasteiger charge is -2.08. The van der Waals surface area contributed by atoms with Crippen LogP contribution in [0.25, 0.3) is 0 Å². The van der Waals surface area contributed by atoms with Crippen LogP contribution in [0.4, 0.5) is 5.69 Å². The van der Waals surface area contributed by atoms with E-state index >= 15 is 0 Å². The van der Waals surface area contributed by atoms with Crippen LogP contribution in [0.3, 0.4) is 0 Å². The Kier molecular flexibility index (Phi) is 3.79. The van der Waals surface area contributed by atoms with Gasteiger partial charge in [0.15, 0.2) is 0 Å². The number of methoxy groups -OCH3 is 1. The third-order valence-corrected chi connectivity index (χ3v) is 2.64. The van der Waals surface area contributed by atoms with Gasteiger partial charge < -0.3 is 10.1 Å². The molecule has 0 bridgehead atoms. The molecule has 5 heteroatoms. The maximum Gasteiger partial charge on any atom is 0.257 e. The van der Waals surface area contributed by atoms with Gasteiger partial charge in [-0.15, -0.1) is 0 Å². The van der Waals surface area contributed by atoms with E-state index in [4.69, 9.17) is 16.3 Å². The highest BCUT2D eigenvalue weighted by molar-refractivity contribution is 6.32. The zero-order chi connectivity index (χ0) is 13.0. The summed E-state index contributed by atoms with van der Waals surface area (Å²) in [5, 5.41) is 3.24. The maximum absolute atomic E-state index is 11.9. The molecular formula is C13H11ClN2O2. The summed E-state index contributed by atoms with van der Waals surface area (Å²) in [4.78, 5) is 15.8. The van der Waals surface area contributed by atoms with Crippen LogP contribution in [0.15, 0.2) is 42.7 Å². The minimum Gasteiger partial charge on any atom is -0.495 e. The average molecular weight is 263 g/mol. The molecule has 0 aliphatic heterocycles. The molecular weight excluding hydrogens is 252 g/mol. The number of hydrogen-bond donors (Lipinski definition) is 1. The molecule has 0 fully saturated rings. The van der Waals surface area contributed by atoms with E-state index in [9.17, 15) is 4.79 Å². The molecule has 0 radical (unpaired) electrons. The number of carbonyl (C=O) groups excluding carboxylic acids is 1. The zero-order valence-corrected chi connectivity index (χ0v) is 10.4. The fourth-order valence-corrected chi connectivity index (χ4v) is 1.63. The number of benzene rings is 1. The quantitative estimate of drug-likeness (QED) is 0.925. The van der Waals surface area contributed by atoms with Crippen molar-refractivity contribution in [2.75, 3.05) is 12.4 Å². The van der Waals surface area contributed by atoms with Crippen LogP contribution in [-0.2, 0) is 0 Å². The average Bonchev–Trinajstić information content (AvgIpc) is 2.42. The van der Waals surface area contributed by atoms with Crippen molar-refractivity contribution in [1.82, 2.24) is 4.98 Å². The minimum atomic E-state index is -0.229. The van der Waals surface area contributed by atoms with E-state index in [1.54, 1.807) is 36.5 Å². The summed E-state index contributed by atoms with van der Waals surface area (Å²) in [5.41, 5.74) is 1.11. The molecule has 2 aromatic rings. The lowest BCUT2D eigenvalue weighted by Crippen LogP contribution is -2.11. The first-order valence-electron chi connectivity index (χ1n) is 5.25. The number of anilines is 1. The summed E-state index contributed by atoms with van der Waals surface area (Å²) in [6, 6.07) is 8.43. The predicted octanol–water partition coefficient (Wildman–Crippen LogP) is 3.00. The van der Waals surface area contributed by atoms with Gasteiger partial charge in [0.25, 0.3) is 5.91 Å². The molecule has 0 aliphatic carbocycles. The highest BCUT2D eigenvalue weighted by Gasteiger charge is 2.07. The van der Waals surface area contributed by atoms with Gasteiger partial charge in [0, 0.05) is 24.1 Å². The van der Waals surface area contributed by atoms with Crippen LogP contribution in [0.1, 0.15) is 10.4 Å². The van der Waals surface area contributed by atoms with Crippen LogP contribution < -0.4 is 10.1 Å². The summed E-state index contributed by atoms with van der Waals surface area (Å²) < 4.78 is 5.08. The molecule has 1 N–H and O–H groups in total. The monoisotopic (exact) mass is 262 g/mol. The summed E-state index contributed by atoms with van der Waals surface area (Å²) in [7, 11) is 1.52. The number of nitrogens with one attached hydrogen (secondary N) is 1. The van der Waals surface area contributed by atoms with Crippen LogP contribution >= 0.6 is 11.6 Å². The number of aromatic nitrogens is 1. The number of hydrogen-bond acceptors (Lipinski definition) is 3. The molecule has 1 heterocycles. The van der Waals surface area contributed by atoms with E-state index in [1.807, 2.05) is 0 Å². The molecule has 4 nitrogen and oxygen atoms in total. The van der Waals surface area contributed by atoms with Crippen LogP contribution in [0.5, 0.6) is 5.75 Å². The standard InChI is InChI=1S/C13H11ClN2O2/c1-18-12-7-10(4-5-11(12)14)16-13(17)9-3-2-6-15-8-9/h2-8H,1H3,(H,16,17). The second-order valence-corrected chi connectivity index (χ2v) is 3.95. The van der Waals surface area contributed by atoms with Crippen molar-refractivity contribution < 1.29 is 9.53 Å². The number of pyridine rings is 1. The van der Waals surface area contributed by atoms with Crippen LogP contribution in [0.2, 0.25) is 5.02 Å². The third kappa shape index (κ3) is 2.78. The van der Waals surface area contributed by atoms with Gasteiger partial charge in [-0.2, -0.15) is 0 Å². The Morgan fingerprint density at radius 2 is 2.22 bits per heavy atom. The van der Waals surface area contributed by atoms with Crippen molar-refractivity contribution in [3.63, 3.8) is 0 Å². The van der Waals surface area contributed by atoms with Crippen molar-refractivity contribution >= 4 is 23.2 Å². The van der Waals surface area contributed by atoms with Crippen molar-refractivity contribution in [3.05, 3.63) is 53.3 Å². The van der Waals surface area contributed by atoms with Gasteiger partial charge in [-0.05, 0) is 24.3 Å².